The van der Waals surface area contributed by atoms with Crippen LogP contribution in [0.5, 0.6) is 0 Å². The molecule has 1 aliphatic rings. The van der Waals surface area contributed by atoms with Crippen LogP contribution in [0.4, 0.5) is 18.0 Å². The molecule has 0 aromatic carbocycles. The fourth-order valence-electron chi connectivity index (χ4n) is 2.66. The third-order valence-corrected chi connectivity index (χ3v) is 3.91. The van der Waals surface area contributed by atoms with Crippen LogP contribution in [0.2, 0.25) is 0 Å². The number of alkyl carbamates (subject to hydrolysis) is 1. The van der Waals surface area contributed by atoms with Gasteiger partial charge in [0.15, 0.2) is 0 Å². The highest BCUT2D eigenvalue weighted by Crippen LogP contribution is 2.39. The Bertz CT molecular complexity index is 592. The van der Waals surface area contributed by atoms with Gasteiger partial charge in [0.1, 0.15) is 6.07 Å². The van der Waals surface area contributed by atoms with Crippen LogP contribution < -0.4 is 5.32 Å². The van der Waals surface area contributed by atoms with Gasteiger partial charge in [0.25, 0.3) is 5.54 Å². The van der Waals surface area contributed by atoms with Crippen LogP contribution in [0.3, 0.4) is 0 Å². The van der Waals surface area contributed by atoms with E-state index in [1.165, 1.54) is 25.2 Å². The van der Waals surface area contributed by atoms with Gasteiger partial charge in [-0.15, -0.1) is 0 Å². The Hall–Kier alpha value is -2.44. The Morgan fingerprint density at radius 1 is 1.28 bits per heavy atom. The maximum atomic E-state index is 13.9. The Kier molecular flexibility index (Phi) is 6.67. The smallest absolute Gasteiger partial charge is 0.427 e. The van der Waals surface area contributed by atoms with E-state index < -0.39 is 29.4 Å². The molecule has 7 nitrogen and oxygen atoms in total. The number of nitrogens with zero attached hydrogens (tertiary/aromatic N) is 2. The summed E-state index contributed by atoms with van der Waals surface area (Å²) >= 11 is 0. The molecular weight excluding hydrogens is 343 g/mol. The molecule has 1 rings (SSSR count). The number of nitriles is 1. The summed E-state index contributed by atoms with van der Waals surface area (Å²) in [7, 11) is 0.746. The second-order valence-corrected chi connectivity index (χ2v) is 5.35. The minimum Gasteiger partial charge on any atom is -0.467 e. The molecule has 1 amide bonds. The molecule has 1 unspecified atom stereocenters. The zero-order valence-corrected chi connectivity index (χ0v) is 14.2. The normalized spacial score (nSPS) is 17.9. The lowest BCUT2D eigenvalue weighted by atomic mass is 9.87. The van der Waals surface area contributed by atoms with E-state index in [1.54, 1.807) is 4.90 Å². The van der Waals surface area contributed by atoms with E-state index >= 15 is 0 Å². The van der Waals surface area contributed by atoms with Crippen LogP contribution in [0.25, 0.3) is 0 Å². The number of ether oxygens (including phenoxy) is 2. The highest BCUT2D eigenvalue weighted by Gasteiger charge is 2.66. The summed E-state index contributed by atoms with van der Waals surface area (Å²) in [5, 5.41) is 10.9. The van der Waals surface area contributed by atoms with Crippen LogP contribution in [0.15, 0.2) is 11.3 Å². The van der Waals surface area contributed by atoms with E-state index in [9.17, 15) is 28.0 Å². The average Bonchev–Trinajstić information content (AvgIpc) is 3.07. The van der Waals surface area contributed by atoms with E-state index in [4.69, 9.17) is 0 Å². The molecule has 1 saturated heterocycles. The predicted octanol–water partition coefficient (Wildman–Crippen LogP) is 2.10. The van der Waals surface area contributed by atoms with E-state index in [2.05, 4.69) is 9.47 Å². The second-order valence-electron chi connectivity index (χ2n) is 5.35. The number of rotatable bonds is 5. The van der Waals surface area contributed by atoms with Gasteiger partial charge in [-0.3, -0.25) is 5.32 Å². The molecule has 1 aliphatic heterocycles. The topological polar surface area (TPSA) is 91.7 Å². The summed E-state index contributed by atoms with van der Waals surface area (Å²) in [4.78, 5) is 25.4. The summed E-state index contributed by atoms with van der Waals surface area (Å²) in [6.07, 6.45) is -5.30. The number of carbonyl (C=O) groups excluding carboxylic acids is 2. The number of carbonyl (C=O) groups is 2. The predicted molar refractivity (Wildman–Crippen MR) is 80.1 cm³/mol. The van der Waals surface area contributed by atoms with Crippen molar-refractivity contribution in [3.63, 3.8) is 0 Å². The van der Waals surface area contributed by atoms with Crippen LogP contribution in [0.1, 0.15) is 26.7 Å². The molecule has 1 atom stereocenters. The number of alkyl halides is 3. The number of likely N-dealkylation sites (tertiary alicyclic amines) is 1. The summed E-state index contributed by atoms with van der Waals surface area (Å²) < 4.78 is 50.5. The number of methoxy groups -OCH3 is 1. The number of halogens is 3. The fourth-order valence-corrected chi connectivity index (χ4v) is 2.66. The molecule has 0 bridgehead atoms. The van der Waals surface area contributed by atoms with Crippen molar-refractivity contribution in [3.05, 3.63) is 11.3 Å². The molecule has 0 aromatic heterocycles. The van der Waals surface area contributed by atoms with Gasteiger partial charge in [0.2, 0.25) is 0 Å². The van der Waals surface area contributed by atoms with E-state index in [0.717, 1.165) is 20.0 Å². The standard InChI is InChI=1S/C15H20F3N3O4/c1-4-25-13(23)20-14(12(22)24-3,15(16,17)18)11(9-19)10(2)21-7-5-6-8-21/h4-8H2,1-3H3,(H,20,23)/b11-10+. The van der Waals surface area contributed by atoms with Gasteiger partial charge in [-0.25, -0.2) is 9.59 Å². The summed E-state index contributed by atoms with van der Waals surface area (Å²) in [6.45, 7) is 3.39. The summed E-state index contributed by atoms with van der Waals surface area (Å²) in [6, 6.07) is 1.44. The van der Waals surface area contributed by atoms with E-state index in [1.807, 2.05) is 0 Å². The monoisotopic (exact) mass is 363 g/mol. The van der Waals surface area contributed by atoms with Crippen molar-refractivity contribution >= 4 is 12.1 Å². The lowest BCUT2D eigenvalue weighted by Gasteiger charge is -2.35. The second kappa shape index (κ2) is 8.09. The summed E-state index contributed by atoms with van der Waals surface area (Å²) in [5.41, 5.74) is -4.63. The SMILES string of the molecule is CCOC(=O)NC(C(=O)OC)(/C(C#N)=C(\C)N1CCCC1)C(F)(F)F. The molecule has 1 fully saturated rings. The van der Waals surface area contributed by atoms with Crippen molar-refractivity contribution in [2.75, 3.05) is 26.8 Å². The molecule has 10 heteroatoms. The van der Waals surface area contributed by atoms with Crippen molar-refractivity contribution in [1.29, 1.82) is 5.26 Å². The van der Waals surface area contributed by atoms with Crippen LogP contribution in [-0.4, -0.2) is 55.5 Å². The molecule has 0 aliphatic carbocycles. The molecule has 0 saturated carbocycles. The number of esters is 1. The molecule has 0 aromatic rings. The molecular formula is C15H20F3N3O4. The van der Waals surface area contributed by atoms with Crippen LogP contribution >= 0.6 is 0 Å². The van der Waals surface area contributed by atoms with E-state index in [-0.39, 0.29) is 12.3 Å². The number of nitrogens with one attached hydrogen (secondary N) is 1. The minimum atomic E-state index is -5.32. The zero-order valence-electron chi connectivity index (χ0n) is 14.2. The first-order valence-electron chi connectivity index (χ1n) is 7.62. The van der Waals surface area contributed by atoms with Crippen molar-refractivity contribution in [1.82, 2.24) is 10.2 Å². The molecule has 0 radical (unpaired) electrons. The van der Waals surface area contributed by atoms with Gasteiger partial charge < -0.3 is 14.4 Å². The van der Waals surface area contributed by atoms with Gasteiger partial charge in [0.05, 0.1) is 19.3 Å². The first-order valence-corrected chi connectivity index (χ1v) is 7.62. The Morgan fingerprint density at radius 2 is 1.84 bits per heavy atom. The van der Waals surface area contributed by atoms with Gasteiger partial charge >= 0.3 is 18.2 Å². The maximum Gasteiger partial charge on any atom is 0.427 e. The quantitative estimate of drug-likeness (QED) is 0.594. The molecule has 0 spiro atoms. The molecule has 140 valence electrons. The molecule has 1 N–H and O–H groups in total. The van der Waals surface area contributed by atoms with Gasteiger partial charge in [-0.1, -0.05) is 0 Å². The Labute approximate surface area is 143 Å². The number of hydrogen-bond donors (Lipinski definition) is 1. The van der Waals surface area contributed by atoms with Crippen molar-refractivity contribution in [2.24, 2.45) is 0 Å². The number of amides is 1. The highest BCUT2D eigenvalue weighted by molar-refractivity contribution is 5.92. The summed E-state index contributed by atoms with van der Waals surface area (Å²) in [5.74, 6) is -1.82. The van der Waals surface area contributed by atoms with Crippen LogP contribution in [-0.2, 0) is 14.3 Å². The number of hydrogen-bond acceptors (Lipinski definition) is 6. The van der Waals surface area contributed by atoms with Crippen LogP contribution in [0, 0.1) is 11.3 Å². The lowest BCUT2D eigenvalue weighted by Crippen LogP contribution is -2.66. The van der Waals surface area contributed by atoms with Crippen molar-refractivity contribution in [2.45, 2.75) is 38.4 Å². The maximum absolute atomic E-state index is 13.9. The fraction of sp³-hybridized carbons (Fsp3) is 0.667. The average molecular weight is 363 g/mol. The highest BCUT2D eigenvalue weighted by atomic mass is 19.4. The third-order valence-electron chi connectivity index (χ3n) is 3.91. The number of allylic oxidation sites excluding steroid dienone is 1. The van der Waals surface area contributed by atoms with Gasteiger partial charge in [-0.05, 0) is 26.7 Å². The van der Waals surface area contributed by atoms with E-state index in [0.29, 0.717) is 13.1 Å². The van der Waals surface area contributed by atoms with Crippen molar-refractivity contribution in [3.8, 4) is 6.07 Å². The minimum absolute atomic E-state index is 0.0421. The van der Waals surface area contributed by atoms with Crippen molar-refractivity contribution < 1.29 is 32.2 Å². The van der Waals surface area contributed by atoms with Gasteiger partial charge in [-0.2, -0.15) is 18.4 Å². The first-order chi connectivity index (χ1) is 11.7. The third kappa shape index (κ3) is 3.97. The Balaban J connectivity index is 3.60. The van der Waals surface area contributed by atoms with Gasteiger partial charge in [0, 0.05) is 18.8 Å². The lowest BCUT2D eigenvalue weighted by molar-refractivity contribution is -0.201. The zero-order chi connectivity index (χ0) is 19.3. The molecule has 25 heavy (non-hydrogen) atoms. The largest absolute Gasteiger partial charge is 0.467 e. The first kappa shape index (κ1) is 20.6. The molecule has 1 heterocycles. The Morgan fingerprint density at radius 3 is 2.24 bits per heavy atom.